The third-order valence-electron chi connectivity index (χ3n) is 2.75. The van der Waals surface area contributed by atoms with Crippen molar-refractivity contribution in [1.29, 1.82) is 0 Å². The normalized spacial score (nSPS) is 10.7. The molecule has 0 saturated heterocycles. The molecule has 0 radical (unpaired) electrons. The van der Waals surface area contributed by atoms with Crippen molar-refractivity contribution in [3.05, 3.63) is 53.8 Å². The molecule has 0 amide bonds. The summed E-state index contributed by atoms with van der Waals surface area (Å²) in [6.07, 6.45) is 0. The van der Waals surface area contributed by atoms with Gasteiger partial charge in [-0.1, -0.05) is 26.0 Å². The third kappa shape index (κ3) is 2.80. The van der Waals surface area contributed by atoms with E-state index in [-0.39, 0.29) is 5.82 Å². The summed E-state index contributed by atoms with van der Waals surface area (Å²) in [7, 11) is 0. The van der Waals surface area contributed by atoms with E-state index in [0.717, 1.165) is 0 Å². The Balaban J connectivity index is 2.21. The summed E-state index contributed by atoms with van der Waals surface area (Å²) in [4.78, 5) is 0. The molecule has 0 aliphatic carbocycles. The molecule has 0 spiro atoms. The van der Waals surface area contributed by atoms with E-state index in [0.29, 0.717) is 23.1 Å². The van der Waals surface area contributed by atoms with E-state index >= 15 is 0 Å². The molecule has 0 unspecified atom stereocenters. The maximum atomic E-state index is 13.1. The molecule has 0 aromatic heterocycles. The van der Waals surface area contributed by atoms with E-state index in [1.54, 1.807) is 0 Å². The molecule has 0 fully saturated rings. The van der Waals surface area contributed by atoms with Gasteiger partial charge in [-0.2, -0.15) is 0 Å². The quantitative estimate of drug-likeness (QED) is 0.817. The SMILES string of the molecule is CC(C)c1ccc(Oc2cc(F)ccc2N)cc1. The lowest BCUT2D eigenvalue weighted by atomic mass is 10.0. The van der Waals surface area contributed by atoms with Gasteiger partial charge in [-0.25, -0.2) is 4.39 Å². The van der Waals surface area contributed by atoms with E-state index < -0.39 is 0 Å². The van der Waals surface area contributed by atoms with Crippen molar-refractivity contribution in [2.75, 3.05) is 5.73 Å². The zero-order valence-corrected chi connectivity index (χ0v) is 10.5. The van der Waals surface area contributed by atoms with Crippen LogP contribution >= 0.6 is 0 Å². The summed E-state index contributed by atoms with van der Waals surface area (Å²) in [6.45, 7) is 4.25. The first-order chi connectivity index (χ1) is 8.56. The number of rotatable bonds is 3. The fraction of sp³-hybridized carbons (Fsp3) is 0.200. The molecule has 2 N–H and O–H groups in total. The summed E-state index contributed by atoms with van der Waals surface area (Å²) in [5.74, 6) is 1.10. The molecule has 0 heterocycles. The highest BCUT2D eigenvalue weighted by Gasteiger charge is 2.05. The van der Waals surface area contributed by atoms with Crippen LogP contribution in [0.5, 0.6) is 11.5 Å². The predicted octanol–water partition coefficient (Wildman–Crippen LogP) is 4.32. The first-order valence-electron chi connectivity index (χ1n) is 5.89. The summed E-state index contributed by atoms with van der Waals surface area (Å²) >= 11 is 0. The molecule has 2 rings (SSSR count). The van der Waals surface area contributed by atoms with Gasteiger partial charge in [0.05, 0.1) is 5.69 Å². The molecule has 0 saturated carbocycles. The number of hydrogen-bond donors (Lipinski definition) is 1. The van der Waals surface area contributed by atoms with Crippen molar-refractivity contribution < 1.29 is 9.13 Å². The fourth-order valence-corrected chi connectivity index (χ4v) is 1.64. The Bertz CT molecular complexity index is 535. The van der Waals surface area contributed by atoms with Crippen LogP contribution in [0.2, 0.25) is 0 Å². The molecule has 0 bridgehead atoms. The lowest BCUT2D eigenvalue weighted by Gasteiger charge is -2.10. The van der Waals surface area contributed by atoms with Crippen LogP contribution in [0.4, 0.5) is 10.1 Å². The van der Waals surface area contributed by atoms with Gasteiger partial charge in [-0.3, -0.25) is 0 Å². The smallest absolute Gasteiger partial charge is 0.153 e. The standard InChI is InChI=1S/C15H16FNO/c1-10(2)11-3-6-13(7-4-11)18-15-9-12(16)5-8-14(15)17/h3-10H,17H2,1-2H3. The Kier molecular flexibility index (Phi) is 3.51. The Hall–Kier alpha value is -2.03. The zero-order chi connectivity index (χ0) is 13.1. The number of ether oxygens (including phenoxy) is 1. The molecule has 0 aliphatic rings. The molecule has 2 aromatic rings. The maximum Gasteiger partial charge on any atom is 0.153 e. The second kappa shape index (κ2) is 5.08. The number of benzene rings is 2. The molecule has 0 atom stereocenters. The topological polar surface area (TPSA) is 35.2 Å². The zero-order valence-electron chi connectivity index (χ0n) is 10.5. The van der Waals surface area contributed by atoms with Crippen molar-refractivity contribution in [3.63, 3.8) is 0 Å². The second-order valence-corrected chi connectivity index (χ2v) is 4.51. The predicted molar refractivity (Wildman–Crippen MR) is 71.4 cm³/mol. The van der Waals surface area contributed by atoms with Gasteiger partial charge >= 0.3 is 0 Å². The van der Waals surface area contributed by atoms with Crippen molar-refractivity contribution in [2.45, 2.75) is 19.8 Å². The molecule has 2 aromatic carbocycles. The number of hydrogen-bond acceptors (Lipinski definition) is 2. The molecular weight excluding hydrogens is 229 g/mol. The van der Waals surface area contributed by atoms with Crippen molar-refractivity contribution in [3.8, 4) is 11.5 Å². The van der Waals surface area contributed by atoms with Crippen molar-refractivity contribution in [1.82, 2.24) is 0 Å². The Morgan fingerprint density at radius 1 is 1.06 bits per heavy atom. The minimum atomic E-state index is -0.363. The highest BCUT2D eigenvalue weighted by Crippen LogP contribution is 2.28. The Labute approximate surface area is 106 Å². The van der Waals surface area contributed by atoms with E-state index in [1.807, 2.05) is 24.3 Å². The van der Waals surface area contributed by atoms with Crippen LogP contribution in [0.25, 0.3) is 0 Å². The van der Waals surface area contributed by atoms with Crippen LogP contribution in [-0.4, -0.2) is 0 Å². The van der Waals surface area contributed by atoms with Crippen LogP contribution < -0.4 is 10.5 Å². The molecule has 2 nitrogen and oxygen atoms in total. The maximum absolute atomic E-state index is 13.1. The molecule has 18 heavy (non-hydrogen) atoms. The van der Waals surface area contributed by atoms with Gasteiger partial charge < -0.3 is 10.5 Å². The number of nitrogens with two attached hydrogens (primary N) is 1. The van der Waals surface area contributed by atoms with Crippen molar-refractivity contribution >= 4 is 5.69 Å². The Morgan fingerprint density at radius 2 is 1.72 bits per heavy atom. The second-order valence-electron chi connectivity index (χ2n) is 4.51. The average Bonchev–Trinajstić information content (AvgIpc) is 2.34. The number of anilines is 1. The minimum absolute atomic E-state index is 0.340. The first-order valence-corrected chi connectivity index (χ1v) is 5.89. The van der Waals surface area contributed by atoms with Gasteiger partial charge in [0.25, 0.3) is 0 Å². The third-order valence-corrected chi connectivity index (χ3v) is 2.75. The molecular formula is C15H16FNO. The van der Waals surface area contributed by atoms with Gasteiger partial charge in [0.1, 0.15) is 11.6 Å². The lowest BCUT2D eigenvalue weighted by Crippen LogP contribution is -1.93. The van der Waals surface area contributed by atoms with E-state index in [4.69, 9.17) is 10.5 Å². The van der Waals surface area contributed by atoms with Gasteiger partial charge in [0, 0.05) is 6.07 Å². The van der Waals surface area contributed by atoms with Crippen LogP contribution in [0.15, 0.2) is 42.5 Å². The van der Waals surface area contributed by atoms with Crippen molar-refractivity contribution in [2.24, 2.45) is 0 Å². The fourth-order valence-electron chi connectivity index (χ4n) is 1.64. The first kappa shape index (κ1) is 12.4. The summed E-state index contributed by atoms with van der Waals surface area (Å²) in [6, 6.07) is 11.8. The van der Waals surface area contributed by atoms with Gasteiger partial charge in [0.15, 0.2) is 5.75 Å². The minimum Gasteiger partial charge on any atom is -0.455 e. The molecule has 3 heteroatoms. The molecule has 0 aliphatic heterocycles. The van der Waals surface area contributed by atoms with Gasteiger partial charge in [-0.15, -0.1) is 0 Å². The number of nitrogen functional groups attached to an aromatic ring is 1. The van der Waals surface area contributed by atoms with E-state index in [9.17, 15) is 4.39 Å². The van der Waals surface area contributed by atoms with Crippen LogP contribution in [-0.2, 0) is 0 Å². The summed E-state index contributed by atoms with van der Waals surface area (Å²) in [5.41, 5.74) is 7.38. The number of halogens is 1. The Morgan fingerprint density at radius 3 is 2.33 bits per heavy atom. The summed E-state index contributed by atoms with van der Waals surface area (Å²) in [5, 5.41) is 0. The summed E-state index contributed by atoms with van der Waals surface area (Å²) < 4.78 is 18.6. The van der Waals surface area contributed by atoms with Gasteiger partial charge in [-0.05, 0) is 35.7 Å². The lowest BCUT2D eigenvalue weighted by molar-refractivity contribution is 0.479. The van der Waals surface area contributed by atoms with Crippen LogP contribution in [0.1, 0.15) is 25.3 Å². The van der Waals surface area contributed by atoms with E-state index in [1.165, 1.54) is 23.8 Å². The van der Waals surface area contributed by atoms with Gasteiger partial charge in [0.2, 0.25) is 0 Å². The van der Waals surface area contributed by atoms with Crippen LogP contribution in [0.3, 0.4) is 0 Å². The largest absolute Gasteiger partial charge is 0.455 e. The highest BCUT2D eigenvalue weighted by atomic mass is 19.1. The average molecular weight is 245 g/mol. The highest BCUT2D eigenvalue weighted by molar-refractivity contribution is 5.53. The van der Waals surface area contributed by atoms with Crippen LogP contribution in [0, 0.1) is 5.82 Å². The molecule has 94 valence electrons. The monoisotopic (exact) mass is 245 g/mol. The van der Waals surface area contributed by atoms with E-state index in [2.05, 4.69) is 13.8 Å².